The number of imidazole rings is 1. The highest BCUT2D eigenvalue weighted by molar-refractivity contribution is 5.84. The fourth-order valence-electron chi connectivity index (χ4n) is 2.42. The highest BCUT2D eigenvalue weighted by Crippen LogP contribution is 2.15. The summed E-state index contributed by atoms with van der Waals surface area (Å²) in [6.45, 7) is 0. The predicted octanol–water partition coefficient (Wildman–Crippen LogP) is 3.07. The molecule has 0 fully saturated rings. The van der Waals surface area contributed by atoms with Gasteiger partial charge in [0.15, 0.2) is 0 Å². The molecule has 0 unspecified atom stereocenters. The van der Waals surface area contributed by atoms with Crippen LogP contribution in [0.25, 0.3) is 11.0 Å². The van der Waals surface area contributed by atoms with Gasteiger partial charge in [-0.15, -0.1) is 0 Å². The second kappa shape index (κ2) is 5.48. The van der Waals surface area contributed by atoms with E-state index in [4.69, 9.17) is 0 Å². The van der Waals surface area contributed by atoms with E-state index in [1.54, 1.807) is 12.1 Å². The Kier molecular flexibility index (Phi) is 3.52. The third-order valence-corrected chi connectivity index (χ3v) is 3.55. The van der Waals surface area contributed by atoms with Crippen LogP contribution in [0.15, 0.2) is 48.5 Å². The SMILES string of the molecule is Cn1c(CC(=O)Cc2ccc(F)cc2)nc2ccccc21. The quantitative estimate of drug-likeness (QED) is 0.737. The molecule has 21 heavy (non-hydrogen) atoms. The molecule has 3 rings (SSSR count). The number of aryl methyl sites for hydroxylation is 1. The molecule has 3 aromatic rings. The lowest BCUT2D eigenvalue weighted by atomic mass is 10.1. The molecule has 0 amide bonds. The molecule has 0 saturated carbocycles. The molecule has 4 heteroatoms. The molecule has 0 spiro atoms. The van der Waals surface area contributed by atoms with Crippen molar-refractivity contribution in [2.24, 2.45) is 7.05 Å². The van der Waals surface area contributed by atoms with Crippen LogP contribution in [0, 0.1) is 5.82 Å². The van der Waals surface area contributed by atoms with Gasteiger partial charge in [0.1, 0.15) is 17.4 Å². The first-order valence-corrected chi connectivity index (χ1v) is 6.80. The number of hydrogen-bond acceptors (Lipinski definition) is 2. The fraction of sp³-hybridized carbons (Fsp3) is 0.176. The van der Waals surface area contributed by atoms with Gasteiger partial charge in [-0.25, -0.2) is 9.37 Å². The normalized spacial score (nSPS) is 11.0. The Morgan fingerprint density at radius 1 is 1.10 bits per heavy atom. The summed E-state index contributed by atoms with van der Waals surface area (Å²) >= 11 is 0. The van der Waals surface area contributed by atoms with Gasteiger partial charge in [0, 0.05) is 13.5 Å². The van der Waals surface area contributed by atoms with Crippen LogP contribution < -0.4 is 0 Å². The molecule has 1 heterocycles. The maximum absolute atomic E-state index is 12.8. The van der Waals surface area contributed by atoms with Crippen molar-refractivity contribution in [1.29, 1.82) is 0 Å². The summed E-state index contributed by atoms with van der Waals surface area (Å²) in [5.41, 5.74) is 2.73. The first-order valence-electron chi connectivity index (χ1n) is 6.80. The molecule has 106 valence electrons. The third-order valence-electron chi connectivity index (χ3n) is 3.55. The summed E-state index contributed by atoms with van der Waals surface area (Å²) < 4.78 is 14.8. The average Bonchev–Trinajstić information content (AvgIpc) is 2.78. The van der Waals surface area contributed by atoms with Crippen molar-refractivity contribution in [2.45, 2.75) is 12.8 Å². The number of benzene rings is 2. The summed E-state index contributed by atoms with van der Waals surface area (Å²) in [5.74, 6) is 0.532. The number of para-hydroxylation sites is 2. The van der Waals surface area contributed by atoms with Crippen LogP contribution in [0.5, 0.6) is 0 Å². The van der Waals surface area contributed by atoms with Crippen LogP contribution in [-0.2, 0) is 24.7 Å². The lowest BCUT2D eigenvalue weighted by Gasteiger charge is -2.03. The Bertz CT molecular complexity index is 790. The van der Waals surface area contributed by atoms with E-state index in [1.807, 2.05) is 35.9 Å². The first-order chi connectivity index (χ1) is 10.1. The fourth-order valence-corrected chi connectivity index (χ4v) is 2.42. The molecule has 0 saturated heterocycles. The van der Waals surface area contributed by atoms with Crippen molar-refractivity contribution in [3.05, 3.63) is 65.7 Å². The third kappa shape index (κ3) is 2.84. The molecule has 0 aliphatic rings. The molecule has 0 atom stereocenters. The molecular weight excluding hydrogens is 267 g/mol. The summed E-state index contributed by atoms with van der Waals surface area (Å²) in [7, 11) is 1.91. The number of halogens is 1. The summed E-state index contributed by atoms with van der Waals surface area (Å²) in [6, 6.07) is 13.8. The number of carbonyl (C=O) groups excluding carboxylic acids is 1. The van der Waals surface area contributed by atoms with E-state index in [1.165, 1.54) is 12.1 Å². The number of carbonyl (C=O) groups is 1. The topological polar surface area (TPSA) is 34.9 Å². The minimum Gasteiger partial charge on any atom is -0.331 e. The van der Waals surface area contributed by atoms with Gasteiger partial charge < -0.3 is 4.57 Å². The molecular formula is C17H15FN2O. The van der Waals surface area contributed by atoms with Crippen molar-refractivity contribution in [3.63, 3.8) is 0 Å². The molecule has 0 aliphatic heterocycles. The molecule has 3 nitrogen and oxygen atoms in total. The van der Waals surface area contributed by atoms with Gasteiger partial charge in [-0.05, 0) is 29.8 Å². The largest absolute Gasteiger partial charge is 0.331 e. The van der Waals surface area contributed by atoms with Crippen LogP contribution in [0.1, 0.15) is 11.4 Å². The minimum absolute atomic E-state index is 0.0695. The zero-order valence-electron chi connectivity index (χ0n) is 11.7. The Hall–Kier alpha value is -2.49. The Morgan fingerprint density at radius 2 is 1.81 bits per heavy atom. The second-order valence-electron chi connectivity index (χ2n) is 5.09. The van der Waals surface area contributed by atoms with E-state index >= 15 is 0 Å². The lowest BCUT2D eigenvalue weighted by Crippen LogP contribution is -2.10. The minimum atomic E-state index is -0.290. The number of hydrogen-bond donors (Lipinski definition) is 0. The van der Waals surface area contributed by atoms with E-state index in [-0.39, 0.29) is 18.0 Å². The van der Waals surface area contributed by atoms with Crippen molar-refractivity contribution in [3.8, 4) is 0 Å². The number of rotatable bonds is 4. The average molecular weight is 282 g/mol. The molecule has 0 aliphatic carbocycles. The van der Waals surface area contributed by atoms with Crippen LogP contribution in [0.4, 0.5) is 4.39 Å². The van der Waals surface area contributed by atoms with Crippen molar-refractivity contribution < 1.29 is 9.18 Å². The Balaban J connectivity index is 1.77. The monoisotopic (exact) mass is 282 g/mol. The highest BCUT2D eigenvalue weighted by atomic mass is 19.1. The summed E-state index contributed by atoms with van der Waals surface area (Å²) in [5, 5.41) is 0. The van der Waals surface area contributed by atoms with Crippen molar-refractivity contribution in [2.75, 3.05) is 0 Å². The van der Waals surface area contributed by atoms with Crippen LogP contribution >= 0.6 is 0 Å². The lowest BCUT2D eigenvalue weighted by molar-refractivity contribution is -0.117. The molecule has 1 aromatic heterocycles. The van der Waals surface area contributed by atoms with Gasteiger partial charge in [-0.2, -0.15) is 0 Å². The first kappa shape index (κ1) is 13.5. The zero-order valence-corrected chi connectivity index (χ0v) is 11.7. The van der Waals surface area contributed by atoms with Crippen LogP contribution in [0.2, 0.25) is 0 Å². The van der Waals surface area contributed by atoms with Gasteiger partial charge in [-0.1, -0.05) is 24.3 Å². The van der Waals surface area contributed by atoms with Gasteiger partial charge in [0.2, 0.25) is 0 Å². The van der Waals surface area contributed by atoms with Crippen LogP contribution in [-0.4, -0.2) is 15.3 Å². The van der Waals surface area contributed by atoms with E-state index < -0.39 is 0 Å². The Labute approximate surface area is 122 Å². The molecule has 0 radical (unpaired) electrons. The van der Waals surface area contributed by atoms with Gasteiger partial charge in [0.25, 0.3) is 0 Å². The smallest absolute Gasteiger partial charge is 0.144 e. The highest BCUT2D eigenvalue weighted by Gasteiger charge is 2.12. The predicted molar refractivity (Wildman–Crippen MR) is 79.5 cm³/mol. The number of aromatic nitrogens is 2. The number of fused-ring (bicyclic) bond motifs is 1. The molecule has 2 aromatic carbocycles. The van der Waals surface area contributed by atoms with E-state index in [0.29, 0.717) is 6.42 Å². The van der Waals surface area contributed by atoms with E-state index in [9.17, 15) is 9.18 Å². The number of Topliss-reactive ketones (excluding diaryl/α,β-unsaturated/α-hetero) is 1. The maximum Gasteiger partial charge on any atom is 0.144 e. The van der Waals surface area contributed by atoms with E-state index in [0.717, 1.165) is 22.4 Å². The van der Waals surface area contributed by atoms with Crippen LogP contribution in [0.3, 0.4) is 0 Å². The number of ketones is 1. The molecule has 0 bridgehead atoms. The second-order valence-corrected chi connectivity index (χ2v) is 5.09. The Morgan fingerprint density at radius 3 is 2.52 bits per heavy atom. The van der Waals surface area contributed by atoms with E-state index in [2.05, 4.69) is 4.98 Å². The standard InChI is InChI=1S/C17H15FN2O/c1-20-16-5-3-2-4-15(16)19-17(20)11-14(21)10-12-6-8-13(18)9-7-12/h2-9H,10-11H2,1H3. The summed E-state index contributed by atoms with van der Waals surface area (Å²) in [6.07, 6.45) is 0.575. The summed E-state index contributed by atoms with van der Waals surface area (Å²) in [4.78, 5) is 16.6. The zero-order chi connectivity index (χ0) is 14.8. The molecule has 0 N–H and O–H groups in total. The van der Waals surface area contributed by atoms with Gasteiger partial charge in [-0.3, -0.25) is 4.79 Å². The van der Waals surface area contributed by atoms with Gasteiger partial charge in [0.05, 0.1) is 17.5 Å². The maximum atomic E-state index is 12.8. The van der Waals surface area contributed by atoms with Crippen molar-refractivity contribution >= 4 is 16.8 Å². The van der Waals surface area contributed by atoms with Crippen molar-refractivity contribution in [1.82, 2.24) is 9.55 Å². The number of nitrogens with zero attached hydrogens (tertiary/aromatic N) is 2. The van der Waals surface area contributed by atoms with Gasteiger partial charge >= 0.3 is 0 Å².